The van der Waals surface area contributed by atoms with Gasteiger partial charge in [0.1, 0.15) is 17.3 Å². The number of alkyl halides is 1. The zero-order valence-corrected chi connectivity index (χ0v) is 19.0. The molecule has 0 fully saturated rings. The molecule has 4 rings (SSSR count). The van der Waals surface area contributed by atoms with Crippen molar-refractivity contribution in [2.24, 2.45) is 0 Å². The number of aryl methyl sites for hydroxylation is 1. The Morgan fingerprint density at radius 3 is 2.60 bits per heavy atom. The van der Waals surface area contributed by atoms with Crippen molar-refractivity contribution in [3.8, 4) is 22.6 Å². The van der Waals surface area contributed by atoms with Gasteiger partial charge in [-0.2, -0.15) is 0 Å². The summed E-state index contributed by atoms with van der Waals surface area (Å²) >= 11 is 14.1. The first kappa shape index (κ1) is 21.0. The average Bonchev–Trinajstić information content (AvgIpc) is 3.21. The van der Waals surface area contributed by atoms with Gasteiger partial charge in [0, 0.05) is 41.1 Å². The zero-order chi connectivity index (χ0) is 21.3. The van der Waals surface area contributed by atoms with Crippen LogP contribution in [0.3, 0.4) is 0 Å². The van der Waals surface area contributed by atoms with Crippen LogP contribution in [0.1, 0.15) is 12.2 Å². The second-order valence-corrected chi connectivity index (χ2v) is 7.98. The molecule has 0 atom stereocenters. The highest BCUT2D eigenvalue weighted by Crippen LogP contribution is 2.41. The summed E-state index contributed by atoms with van der Waals surface area (Å²) < 4.78 is 12.8. The monoisotopic (exact) mass is 463 g/mol. The first-order valence-electron chi connectivity index (χ1n) is 9.16. The van der Waals surface area contributed by atoms with Gasteiger partial charge in [0.15, 0.2) is 16.5 Å². The van der Waals surface area contributed by atoms with E-state index in [1.54, 1.807) is 26.5 Å². The van der Waals surface area contributed by atoms with Crippen molar-refractivity contribution < 1.29 is 9.47 Å². The molecule has 0 aliphatic rings. The number of nitrogens with zero attached hydrogens (tertiary/aromatic N) is 5. The van der Waals surface area contributed by atoms with Crippen LogP contribution in [0.15, 0.2) is 29.6 Å². The topological polar surface area (TPSA) is 74.4 Å². The number of aromatic nitrogens is 5. The Labute approximate surface area is 187 Å². The molecule has 3 heterocycles. The SMILES string of the molecule is COc1cc(OC)c(Cl)c(-c2cc3cnc(SC)nc3n3c(CCCCl)nnc23)c1. The van der Waals surface area contributed by atoms with E-state index < -0.39 is 0 Å². The lowest BCUT2D eigenvalue weighted by Crippen LogP contribution is -2.02. The fraction of sp³-hybridized carbons (Fsp3) is 0.300. The highest BCUT2D eigenvalue weighted by Gasteiger charge is 2.20. The molecule has 4 aromatic rings. The van der Waals surface area contributed by atoms with Crippen LogP contribution in [0.2, 0.25) is 5.02 Å². The van der Waals surface area contributed by atoms with E-state index in [4.69, 9.17) is 37.7 Å². The Balaban J connectivity index is 2.07. The number of hydrogen-bond acceptors (Lipinski definition) is 7. The van der Waals surface area contributed by atoms with E-state index in [9.17, 15) is 0 Å². The molecule has 0 spiro atoms. The van der Waals surface area contributed by atoms with Gasteiger partial charge in [-0.25, -0.2) is 9.97 Å². The predicted molar refractivity (Wildman–Crippen MR) is 120 cm³/mol. The van der Waals surface area contributed by atoms with Crippen LogP contribution in [0, 0.1) is 0 Å². The van der Waals surface area contributed by atoms with Gasteiger partial charge in [0.25, 0.3) is 0 Å². The molecule has 0 saturated carbocycles. The van der Waals surface area contributed by atoms with E-state index in [1.165, 1.54) is 11.8 Å². The molecule has 0 N–H and O–H groups in total. The summed E-state index contributed by atoms with van der Waals surface area (Å²) in [4.78, 5) is 9.13. The van der Waals surface area contributed by atoms with Crippen LogP contribution in [-0.4, -0.2) is 50.9 Å². The molecule has 0 aliphatic carbocycles. The lowest BCUT2D eigenvalue weighted by atomic mass is 10.0. The van der Waals surface area contributed by atoms with Gasteiger partial charge in [-0.05, 0) is 24.8 Å². The third kappa shape index (κ3) is 3.64. The highest BCUT2D eigenvalue weighted by molar-refractivity contribution is 7.98. The van der Waals surface area contributed by atoms with Gasteiger partial charge < -0.3 is 9.47 Å². The van der Waals surface area contributed by atoms with Crippen molar-refractivity contribution in [1.29, 1.82) is 0 Å². The van der Waals surface area contributed by atoms with E-state index >= 15 is 0 Å². The molecule has 30 heavy (non-hydrogen) atoms. The van der Waals surface area contributed by atoms with E-state index in [1.807, 2.05) is 22.8 Å². The van der Waals surface area contributed by atoms with Crippen LogP contribution in [0.25, 0.3) is 27.8 Å². The minimum atomic E-state index is 0.464. The Hall–Kier alpha value is -2.29. The van der Waals surface area contributed by atoms with Crippen molar-refractivity contribution >= 4 is 51.6 Å². The van der Waals surface area contributed by atoms with E-state index in [0.29, 0.717) is 39.6 Å². The number of rotatable bonds is 7. The fourth-order valence-electron chi connectivity index (χ4n) is 3.30. The number of methoxy groups -OCH3 is 2. The summed E-state index contributed by atoms with van der Waals surface area (Å²) in [6, 6.07) is 5.57. The van der Waals surface area contributed by atoms with Crippen LogP contribution in [-0.2, 0) is 6.42 Å². The fourth-order valence-corrected chi connectivity index (χ4v) is 4.06. The number of fused-ring (bicyclic) bond motifs is 3. The minimum Gasteiger partial charge on any atom is -0.497 e. The van der Waals surface area contributed by atoms with Gasteiger partial charge in [-0.3, -0.25) is 4.40 Å². The van der Waals surface area contributed by atoms with E-state index in [-0.39, 0.29) is 0 Å². The summed E-state index contributed by atoms with van der Waals surface area (Å²) in [7, 11) is 3.17. The molecule has 0 aliphatic heterocycles. The molecule has 7 nitrogen and oxygen atoms in total. The van der Waals surface area contributed by atoms with Gasteiger partial charge in [-0.1, -0.05) is 23.4 Å². The standard InChI is InChI=1S/C20H19Cl2N5O2S/c1-28-12-8-13(17(22)15(9-12)29-2)14-7-11-10-23-20(30-3)24-18(11)27-16(5-4-6-21)25-26-19(14)27/h7-10H,4-6H2,1-3H3. The van der Waals surface area contributed by atoms with Crippen LogP contribution in [0.5, 0.6) is 11.5 Å². The van der Waals surface area contributed by atoms with Crippen molar-refractivity contribution in [2.45, 2.75) is 18.0 Å². The number of hydrogen-bond donors (Lipinski definition) is 0. The predicted octanol–water partition coefficient (Wildman–Crippen LogP) is 4.90. The van der Waals surface area contributed by atoms with Crippen LogP contribution in [0.4, 0.5) is 0 Å². The van der Waals surface area contributed by atoms with Crippen LogP contribution >= 0.6 is 35.0 Å². The second-order valence-electron chi connectivity index (χ2n) is 6.45. The largest absolute Gasteiger partial charge is 0.497 e. The zero-order valence-electron chi connectivity index (χ0n) is 16.6. The summed E-state index contributed by atoms with van der Waals surface area (Å²) in [5, 5.41) is 10.9. The van der Waals surface area contributed by atoms with Crippen molar-refractivity contribution in [3.63, 3.8) is 0 Å². The normalized spacial score (nSPS) is 11.4. The minimum absolute atomic E-state index is 0.464. The van der Waals surface area contributed by atoms with Crippen molar-refractivity contribution in [3.05, 3.63) is 35.2 Å². The number of halogens is 2. The third-order valence-electron chi connectivity index (χ3n) is 4.73. The molecular formula is C20H19Cl2N5O2S. The third-order valence-corrected chi connectivity index (χ3v) is 5.95. The first-order valence-corrected chi connectivity index (χ1v) is 11.3. The Morgan fingerprint density at radius 2 is 1.90 bits per heavy atom. The number of pyridine rings is 1. The second kappa shape index (κ2) is 8.83. The van der Waals surface area contributed by atoms with Crippen molar-refractivity contribution in [2.75, 3.05) is 26.4 Å². The maximum Gasteiger partial charge on any atom is 0.189 e. The summed E-state index contributed by atoms with van der Waals surface area (Å²) in [6.07, 6.45) is 5.20. The molecular weight excluding hydrogens is 445 g/mol. The summed E-state index contributed by atoms with van der Waals surface area (Å²) in [5.41, 5.74) is 2.91. The Bertz CT molecular complexity index is 1230. The summed E-state index contributed by atoms with van der Waals surface area (Å²) in [6.45, 7) is 0. The van der Waals surface area contributed by atoms with Crippen molar-refractivity contribution in [1.82, 2.24) is 24.6 Å². The number of benzene rings is 1. The quantitative estimate of drug-likeness (QED) is 0.219. The lowest BCUT2D eigenvalue weighted by molar-refractivity contribution is 0.395. The van der Waals surface area contributed by atoms with Crippen LogP contribution < -0.4 is 9.47 Å². The average molecular weight is 464 g/mol. The van der Waals surface area contributed by atoms with Gasteiger partial charge >= 0.3 is 0 Å². The van der Waals surface area contributed by atoms with E-state index in [0.717, 1.165) is 34.4 Å². The summed E-state index contributed by atoms with van der Waals surface area (Å²) in [5.74, 6) is 2.46. The Morgan fingerprint density at radius 1 is 1.07 bits per heavy atom. The molecule has 0 amide bonds. The molecule has 1 aromatic carbocycles. The van der Waals surface area contributed by atoms with Gasteiger partial charge in [-0.15, -0.1) is 21.8 Å². The molecule has 0 bridgehead atoms. The molecule has 10 heteroatoms. The molecule has 0 unspecified atom stereocenters. The smallest absolute Gasteiger partial charge is 0.189 e. The number of thioether (sulfide) groups is 1. The molecule has 156 valence electrons. The molecule has 0 saturated heterocycles. The Kier molecular flexibility index (Phi) is 6.17. The van der Waals surface area contributed by atoms with Gasteiger partial charge in [0.2, 0.25) is 0 Å². The molecule has 0 radical (unpaired) electrons. The highest BCUT2D eigenvalue weighted by atomic mass is 35.5. The first-order chi connectivity index (χ1) is 14.6. The van der Waals surface area contributed by atoms with Gasteiger partial charge in [0.05, 0.1) is 19.2 Å². The maximum atomic E-state index is 6.67. The maximum absolute atomic E-state index is 6.67. The lowest BCUT2D eigenvalue weighted by Gasteiger charge is -2.14. The molecule has 3 aromatic heterocycles. The number of ether oxygens (including phenoxy) is 2. The van der Waals surface area contributed by atoms with E-state index in [2.05, 4.69) is 15.2 Å².